The fraction of sp³-hybridized carbons (Fsp3) is 0.125. The standard InChI is InChI=1S/C16H16O2/c1-18-13-12-16(17,14-8-4-2-5-9-14)15-10-6-3-7-11-15/h2-13,17H,1H3/b13-12+. The maximum atomic E-state index is 10.9. The van der Waals surface area contributed by atoms with Crippen molar-refractivity contribution in [1.82, 2.24) is 0 Å². The van der Waals surface area contributed by atoms with Gasteiger partial charge in [0.1, 0.15) is 5.60 Å². The maximum Gasteiger partial charge on any atom is 0.136 e. The zero-order chi connectivity index (χ0) is 12.8. The van der Waals surface area contributed by atoms with E-state index < -0.39 is 5.60 Å². The molecule has 0 bridgehead atoms. The first-order chi connectivity index (χ1) is 8.77. The molecule has 92 valence electrons. The van der Waals surface area contributed by atoms with Gasteiger partial charge >= 0.3 is 0 Å². The molecule has 18 heavy (non-hydrogen) atoms. The lowest BCUT2D eigenvalue weighted by Crippen LogP contribution is -2.24. The normalized spacial score (nSPS) is 11.7. The summed E-state index contributed by atoms with van der Waals surface area (Å²) >= 11 is 0. The molecule has 2 rings (SSSR count). The van der Waals surface area contributed by atoms with Crippen LogP contribution in [-0.2, 0) is 10.3 Å². The molecule has 0 fully saturated rings. The summed E-state index contributed by atoms with van der Waals surface area (Å²) in [4.78, 5) is 0. The van der Waals surface area contributed by atoms with Crippen LogP contribution in [0.2, 0.25) is 0 Å². The predicted octanol–water partition coefficient (Wildman–Crippen LogP) is 3.08. The summed E-state index contributed by atoms with van der Waals surface area (Å²) in [7, 11) is 1.56. The van der Waals surface area contributed by atoms with Gasteiger partial charge in [-0.25, -0.2) is 0 Å². The van der Waals surface area contributed by atoms with Gasteiger partial charge in [-0.15, -0.1) is 0 Å². The highest BCUT2D eigenvalue weighted by atomic mass is 16.5. The Morgan fingerprint density at radius 3 is 1.72 bits per heavy atom. The van der Waals surface area contributed by atoms with Crippen LogP contribution in [0.25, 0.3) is 0 Å². The number of aliphatic hydroxyl groups is 1. The molecule has 0 atom stereocenters. The van der Waals surface area contributed by atoms with Crippen molar-refractivity contribution in [2.45, 2.75) is 5.60 Å². The van der Waals surface area contributed by atoms with Crippen molar-refractivity contribution in [3.63, 3.8) is 0 Å². The SMILES string of the molecule is CO/C=C/C(O)(c1ccccc1)c1ccccc1. The van der Waals surface area contributed by atoms with Gasteiger partial charge in [-0.2, -0.15) is 0 Å². The average molecular weight is 240 g/mol. The molecule has 2 aromatic carbocycles. The molecule has 0 aliphatic rings. The summed E-state index contributed by atoms with van der Waals surface area (Å²) in [6.45, 7) is 0. The Morgan fingerprint density at radius 1 is 0.889 bits per heavy atom. The Balaban J connectivity index is 2.51. The summed E-state index contributed by atoms with van der Waals surface area (Å²) < 4.78 is 4.94. The van der Waals surface area contributed by atoms with Gasteiger partial charge in [-0.3, -0.25) is 0 Å². The number of benzene rings is 2. The molecule has 0 saturated heterocycles. The Hall–Kier alpha value is -2.06. The zero-order valence-electron chi connectivity index (χ0n) is 10.3. The first-order valence-corrected chi connectivity index (χ1v) is 5.81. The molecule has 1 N–H and O–H groups in total. The van der Waals surface area contributed by atoms with Gasteiger partial charge in [0, 0.05) is 0 Å². The third-order valence-electron chi connectivity index (χ3n) is 2.87. The number of hydrogen-bond acceptors (Lipinski definition) is 2. The Kier molecular flexibility index (Phi) is 3.80. The molecule has 0 aromatic heterocycles. The second-order valence-corrected chi connectivity index (χ2v) is 4.04. The van der Waals surface area contributed by atoms with Gasteiger partial charge in [0.15, 0.2) is 0 Å². The first kappa shape index (κ1) is 12.4. The molecule has 0 radical (unpaired) electrons. The number of ether oxygens (including phenoxy) is 1. The molecule has 0 unspecified atom stereocenters. The van der Waals surface area contributed by atoms with Crippen LogP contribution in [0.4, 0.5) is 0 Å². The first-order valence-electron chi connectivity index (χ1n) is 5.81. The minimum absolute atomic E-state index is 0.810. The van der Waals surface area contributed by atoms with E-state index in [-0.39, 0.29) is 0 Å². The quantitative estimate of drug-likeness (QED) is 0.832. The van der Waals surface area contributed by atoms with E-state index in [0.717, 1.165) is 11.1 Å². The predicted molar refractivity (Wildman–Crippen MR) is 72.0 cm³/mol. The topological polar surface area (TPSA) is 29.5 Å². The van der Waals surface area contributed by atoms with E-state index in [1.807, 2.05) is 60.7 Å². The van der Waals surface area contributed by atoms with Crippen LogP contribution in [0.15, 0.2) is 73.0 Å². The highest BCUT2D eigenvalue weighted by Gasteiger charge is 2.28. The Labute approximate surface area is 107 Å². The molecular formula is C16H16O2. The molecule has 0 spiro atoms. The van der Waals surface area contributed by atoms with Gasteiger partial charge in [-0.05, 0) is 17.2 Å². The fourth-order valence-corrected chi connectivity index (χ4v) is 1.91. The van der Waals surface area contributed by atoms with Crippen molar-refractivity contribution in [3.05, 3.63) is 84.1 Å². The third kappa shape index (κ3) is 2.44. The van der Waals surface area contributed by atoms with E-state index in [4.69, 9.17) is 4.74 Å². The van der Waals surface area contributed by atoms with Gasteiger partial charge in [0.25, 0.3) is 0 Å². The second-order valence-electron chi connectivity index (χ2n) is 4.04. The van der Waals surface area contributed by atoms with Crippen molar-refractivity contribution in [3.8, 4) is 0 Å². The Morgan fingerprint density at radius 2 is 1.33 bits per heavy atom. The van der Waals surface area contributed by atoms with Crippen molar-refractivity contribution < 1.29 is 9.84 Å². The van der Waals surface area contributed by atoms with E-state index in [1.165, 1.54) is 6.26 Å². The molecular weight excluding hydrogens is 224 g/mol. The number of rotatable bonds is 4. The summed E-state index contributed by atoms with van der Waals surface area (Å²) in [5, 5.41) is 10.9. The van der Waals surface area contributed by atoms with Crippen molar-refractivity contribution in [2.24, 2.45) is 0 Å². The van der Waals surface area contributed by atoms with E-state index >= 15 is 0 Å². The largest absolute Gasteiger partial charge is 0.505 e. The molecule has 0 amide bonds. The highest BCUT2D eigenvalue weighted by Crippen LogP contribution is 2.30. The smallest absolute Gasteiger partial charge is 0.136 e. The summed E-state index contributed by atoms with van der Waals surface area (Å²) in [6.07, 6.45) is 3.15. The lowest BCUT2D eigenvalue weighted by molar-refractivity contribution is 0.130. The third-order valence-corrected chi connectivity index (χ3v) is 2.87. The van der Waals surface area contributed by atoms with Crippen molar-refractivity contribution in [1.29, 1.82) is 0 Å². The molecule has 0 aliphatic carbocycles. The molecule has 2 nitrogen and oxygen atoms in total. The number of methoxy groups -OCH3 is 1. The van der Waals surface area contributed by atoms with Crippen molar-refractivity contribution in [2.75, 3.05) is 7.11 Å². The van der Waals surface area contributed by atoms with Crippen LogP contribution in [0.1, 0.15) is 11.1 Å². The molecule has 0 aliphatic heterocycles. The molecule has 2 heteroatoms. The highest BCUT2D eigenvalue weighted by molar-refractivity contribution is 5.40. The summed E-state index contributed by atoms with van der Waals surface area (Å²) in [5.41, 5.74) is 0.451. The lowest BCUT2D eigenvalue weighted by atomic mass is 9.86. The zero-order valence-corrected chi connectivity index (χ0v) is 10.3. The van der Waals surface area contributed by atoms with Crippen LogP contribution in [0.5, 0.6) is 0 Å². The van der Waals surface area contributed by atoms with Gasteiger partial charge in [0.2, 0.25) is 0 Å². The van der Waals surface area contributed by atoms with Gasteiger partial charge < -0.3 is 9.84 Å². The molecule has 0 saturated carbocycles. The van der Waals surface area contributed by atoms with Crippen LogP contribution >= 0.6 is 0 Å². The second kappa shape index (κ2) is 5.52. The minimum Gasteiger partial charge on any atom is -0.505 e. The van der Waals surface area contributed by atoms with Crippen molar-refractivity contribution >= 4 is 0 Å². The van der Waals surface area contributed by atoms with Crippen LogP contribution in [0.3, 0.4) is 0 Å². The van der Waals surface area contributed by atoms with Crippen LogP contribution < -0.4 is 0 Å². The van der Waals surface area contributed by atoms with E-state index in [1.54, 1.807) is 13.2 Å². The maximum absolute atomic E-state index is 10.9. The lowest BCUT2D eigenvalue weighted by Gasteiger charge is -2.25. The fourth-order valence-electron chi connectivity index (χ4n) is 1.91. The van der Waals surface area contributed by atoms with E-state index in [0.29, 0.717) is 0 Å². The van der Waals surface area contributed by atoms with Crippen LogP contribution in [-0.4, -0.2) is 12.2 Å². The Bertz CT molecular complexity index is 464. The molecule has 2 aromatic rings. The van der Waals surface area contributed by atoms with Crippen LogP contribution in [0, 0.1) is 0 Å². The summed E-state index contributed by atoms with van der Waals surface area (Å²) in [5.74, 6) is 0. The van der Waals surface area contributed by atoms with Gasteiger partial charge in [0.05, 0.1) is 13.4 Å². The van der Waals surface area contributed by atoms with E-state index in [9.17, 15) is 5.11 Å². The molecule has 0 heterocycles. The number of hydrogen-bond donors (Lipinski definition) is 1. The monoisotopic (exact) mass is 240 g/mol. The van der Waals surface area contributed by atoms with E-state index in [2.05, 4.69) is 0 Å². The average Bonchev–Trinajstić information content (AvgIpc) is 2.46. The minimum atomic E-state index is -1.17. The summed E-state index contributed by atoms with van der Waals surface area (Å²) in [6, 6.07) is 19.1. The van der Waals surface area contributed by atoms with Gasteiger partial charge in [-0.1, -0.05) is 60.7 Å².